The van der Waals surface area contributed by atoms with Crippen LogP contribution in [0.1, 0.15) is 19.7 Å². The van der Waals surface area contributed by atoms with Crippen LogP contribution in [0.25, 0.3) is 11.2 Å². The van der Waals surface area contributed by atoms with E-state index >= 15 is 0 Å². The molecule has 0 spiro atoms. The van der Waals surface area contributed by atoms with Crippen LogP contribution in [-0.4, -0.2) is 57.0 Å². The van der Waals surface area contributed by atoms with E-state index in [1.54, 1.807) is 7.11 Å². The van der Waals surface area contributed by atoms with Crippen molar-refractivity contribution in [1.29, 1.82) is 0 Å². The van der Waals surface area contributed by atoms with Crippen LogP contribution in [0.15, 0.2) is 6.33 Å². The lowest BCUT2D eigenvalue weighted by Crippen LogP contribution is -2.42. The highest BCUT2D eigenvalue weighted by molar-refractivity contribution is 6.17. The summed E-state index contributed by atoms with van der Waals surface area (Å²) in [5, 5.41) is 0. The summed E-state index contributed by atoms with van der Waals surface area (Å²) in [7, 11) is 5.72. The molecule has 0 N–H and O–H groups in total. The molecule has 0 bridgehead atoms. The van der Waals surface area contributed by atoms with Gasteiger partial charge >= 0.3 is 0 Å². The number of likely N-dealkylation sites (N-methyl/N-ethyl adjacent to an activating group) is 1. The highest BCUT2D eigenvalue weighted by Crippen LogP contribution is 2.25. The largest absolute Gasteiger partial charge is 0.479 e. The van der Waals surface area contributed by atoms with Gasteiger partial charge in [-0.15, -0.1) is 11.6 Å². The Morgan fingerprint density at radius 1 is 1.33 bits per heavy atom. The van der Waals surface area contributed by atoms with E-state index in [9.17, 15) is 0 Å². The van der Waals surface area contributed by atoms with Crippen molar-refractivity contribution in [1.82, 2.24) is 24.4 Å². The lowest BCUT2D eigenvalue weighted by molar-refractivity contribution is 0.169. The van der Waals surface area contributed by atoms with E-state index in [0.717, 1.165) is 18.0 Å². The van der Waals surface area contributed by atoms with Crippen LogP contribution in [-0.2, 0) is 13.0 Å². The lowest BCUT2D eigenvalue weighted by Gasteiger charge is -2.33. The Hall–Kier alpha value is -1.40. The first-order valence-corrected chi connectivity index (χ1v) is 7.41. The minimum Gasteiger partial charge on any atom is -0.479 e. The van der Waals surface area contributed by atoms with Crippen LogP contribution >= 0.6 is 11.6 Å². The van der Waals surface area contributed by atoms with E-state index < -0.39 is 0 Å². The fraction of sp³-hybridized carbons (Fsp3) is 0.643. The van der Waals surface area contributed by atoms with Gasteiger partial charge in [-0.2, -0.15) is 4.98 Å². The van der Waals surface area contributed by atoms with Gasteiger partial charge in [-0.25, -0.2) is 9.97 Å². The first kappa shape index (κ1) is 16.0. The molecule has 0 aliphatic carbocycles. The fourth-order valence-corrected chi connectivity index (χ4v) is 2.25. The molecule has 0 radical (unpaired) electrons. The van der Waals surface area contributed by atoms with Crippen LogP contribution in [0.2, 0.25) is 0 Å². The highest BCUT2D eigenvalue weighted by atomic mass is 35.5. The van der Waals surface area contributed by atoms with Crippen LogP contribution in [0.4, 0.5) is 0 Å². The second-order valence-electron chi connectivity index (χ2n) is 5.82. The molecule has 0 aliphatic heterocycles. The predicted molar refractivity (Wildman–Crippen MR) is 84.1 cm³/mol. The molecular weight excluding hydrogens is 290 g/mol. The summed E-state index contributed by atoms with van der Waals surface area (Å²) in [6.07, 6.45) is 2.19. The van der Waals surface area contributed by atoms with Crippen molar-refractivity contribution in [2.45, 2.75) is 32.4 Å². The number of ether oxygens (including phenoxy) is 1. The molecular formula is C14H22ClN5O. The number of alkyl halides is 1. The number of halogens is 1. The van der Waals surface area contributed by atoms with Gasteiger partial charge in [0.1, 0.15) is 12.2 Å². The Labute approximate surface area is 130 Å². The highest BCUT2D eigenvalue weighted by Gasteiger charge is 2.25. The number of hydrogen-bond acceptors (Lipinski definition) is 5. The molecule has 0 saturated heterocycles. The average Bonchev–Trinajstić information content (AvgIpc) is 2.76. The molecule has 0 atom stereocenters. The third kappa shape index (κ3) is 3.11. The summed E-state index contributed by atoms with van der Waals surface area (Å²) in [4.78, 5) is 15.3. The second-order valence-corrected chi connectivity index (χ2v) is 6.19. The SMILES string of the molecule is COc1ncnc2c1nc(CCCl)n2CC(C)(C)N(C)C. The predicted octanol–water partition coefficient (Wildman–Crippen LogP) is 1.96. The van der Waals surface area contributed by atoms with Crippen LogP contribution in [0.3, 0.4) is 0 Å². The summed E-state index contributed by atoms with van der Waals surface area (Å²) < 4.78 is 7.39. The van der Waals surface area contributed by atoms with E-state index in [1.807, 2.05) is 0 Å². The molecule has 0 aliphatic rings. The van der Waals surface area contributed by atoms with Crippen LogP contribution in [0, 0.1) is 0 Å². The quantitative estimate of drug-likeness (QED) is 0.763. The van der Waals surface area contributed by atoms with E-state index in [2.05, 4.69) is 52.4 Å². The molecule has 6 nitrogen and oxygen atoms in total. The zero-order valence-corrected chi connectivity index (χ0v) is 14.0. The first-order valence-electron chi connectivity index (χ1n) is 6.88. The fourth-order valence-electron chi connectivity index (χ4n) is 2.08. The van der Waals surface area contributed by atoms with E-state index in [1.165, 1.54) is 6.33 Å². The van der Waals surface area contributed by atoms with E-state index in [0.29, 0.717) is 23.7 Å². The van der Waals surface area contributed by atoms with Gasteiger partial charge < -0.3 is 14.2 Å². The van der Waals surface area contributed by atoms with Crippen LogP contribution in [0.5, 0.6) is 5.88 Å². The standard InChI is InChI=1S/C14H22ClN5O/c1-14(2,19(3)4)8-20-10(6-7-15)18-11-12(20)16-9-17-13(11)21-5/h9H,6-8H2,1-5H3. The third-order valence-corrected chi connectivity index (χ3v) is 4.03. The summed E-state index contributed by atoms with van der Waals surface area (Å²) in [5.74, 6) is 1.92. The van der Waals surface area contributed by atoms with E-state index in [4.69, 9.17) is 16.3 Å². The number of methoxy groups -OCH3 is 1. The third-order valence-electron chi connectivity index (χ3n) is 3.84. The molecule has 116 valence electrons. The summed E-state index contributed by atoms with van der Waals surface area (Å²) in [6, 6.07) is 0. The van der Waals surface area contributed by atoms with Crippen molar-refractivity contribution in [3.05, 3.63) is 12.2 Å². The van der Waals surface area contributed by atoms with Gasteiger partial charge in [0.05, 0.1) is 7.11 Å². The van der Waals surface area contributed by atoms with Gasteiger partial charge in [0, 0.05) is 24.4 Å². The maximum atomic E-state index is 5.91. The topological polar surface area (TPSA) is 56.1 Å². The summed E-state index contributed by atoms with van der Waals surface area (Å²) >= 11 is 5.91. The number of aromatic nitrogens is 4. The molecule has 2 heterocycles. The number of rotatable bonds is 6. The monoisotopic (exact) mass is 311 g/mol. The number of nitrogens with zero attached hydrogens (tertiary/aromatic N) is 5. The molecule has 7 heteroatoms. The molecule has 21 heavy (non-hydrogen) atoms. The molecule has 2 aromatic heterocycles. The van der Waals surface area contributed by atoms with Crippen molar-refractivity contribution in [3.63, 3.8) is 0 Å². The number of imidazole rings is 1. The Balaban J connectivity index is 2.56. The van der Waals surface area contributed by atoms with Gasteiger partial charge in [-0.05, 0) is 27.9 Å². The Kier molecular flexibility index (Phi) is 4.68. The number of hydrogen-bond donors (Lipinski definition) is 0. The maximum Gasteiger partial charge on any atom is 0.245 e. The average molecular weight is 312 g/mol. The second kappa shape index (κ2) is 6.15. The summed E-state index contributed by atoms with van der Waals surface area (Å²) in [5.41, 5.74) is 1.44. The zero-order chi connectivity index (χ0) is 15.6. The normalized spacial score (nSPS) is 12.3. The van der Waals surface area contributed by atoms with Crippen molar-refractivity contribution in [3.8, 4) is 5.88 Å². The minimum atomic E-state index is -0.0348. The molecule has 0 saturated carbocycles. The molecule has 2 aromatic rings. The van der Waals surface area contributed by atoms with Gasteiger partial charge in [0.2, 0.25) is 5.88 Å². The van der Waals surface area contributed by atoms with Gasteiger partial charge in [0.15, 0.2) is 11.2 Å². The molecule has 0 amide bonds. The van der Waals surface area contributed by atoms with E-state index in [-0.39, 0.29) is 5.54 Å². The van der Waals surface area contributed by atoms with Gasteiger partial charge in [0.25, 0.3) is 0 Å². The molecule has 0 fully saturated rings. The zero-order valence-electron chi connectivity index (χ0n) is 13.2. The maximum absolute atomic E-state index is 5.91. The Morgan fingerprint density at radius 2 is 2.05 bits per heavy atom. The van der Waals surface area contributed by atoms with Crippen LogP contribution < -0.4 is 4.74 Å². The summed E-state index contributed by atoms with van der Waals surface area (Å²) in [6.45, 7) is 5.13. The molecule has 2 rings (SSSR count). The smallest absolute Gasteiger partial charge is 0.245 e. The van der Waals surface area contributed by atoms with Crippen molar-refractivity contribution >= 4 is 22.8 Å². The van der Waals surface area contributed by atoms with Crippen molar-refractivity contribution in [2.75, 3.05) is 27.1 Å². The Morgan fingerprint density at radius 3 is 2.62 bits per heavy atom. The van der Waals surface area contributed by atoms with Gasteiger partial charge in [-0.3, -0.25) is 0 Å². The van der Waals surface area contributed by atoms with Crippen molar-refractivity contribution < 1.29 is 4.74 Å². The Bertz CT molecular complexity index is 623. The number of aryl methyl sites for hydroxylation is 1. The molecule has 0 unspecified atom stereocenters. The van der Waals surface area contributed by atoms with Crippen molar-refractivity contribution in [2.24, 2.45) is 0 Å². The molecule has 0 aromatic carbocycles. The lowest BCUT2D eigenvalue weighted by atomic mass is 10.0. The minimum absolute atomic E-state index is 0.0348. The first-order chi connectivity index (χ1) is 9.90. The van der Waals surface area contributed by atoms with Gasteiger partial charge in [-0.1, -0.05) is 0 Å². The number of fused-ring (bicyclic) bond motifs is 1.